The fourth-order valence-electron chi connectivity index (χ4n) is 2.81. The summed E-state index contributed by atoms with van der Waals surface area (Å²) in [6.07, 6.45) is 3.28. The SMILES string of the molecule is CCNC(=NCCCc1ccc(OC)c(OCC)c1)NCCNC(=O)c1ccco1.I. The standard InChI is InChI=1S/C22H32N4O4.HI/c1-4-23-22(26-14-13-24-21(27)19-9-7-15-30-19)25-12-6-8-17-10-11-18(28-3)20(16-17)29-5-2;/h7,9-11,15-16H,4-6,8,12-14H2,1-3H3,(H,24,27)(H2,23,25,26);1H. The minimum absolute atomic E-state index is 0. The Morgan fingerprint density at radius 3 is 2.58 bits per heavy atom. The molecule has 0 spiro atoms. The van der Waals surface area contributed by atoms with E-state index in [2.05, 4.69) is 27.0 Å². The molecule has 0 atom stereocenters. The van der Waals surface area contributed by atoms with Crippen LogP contribution >= 0.6 is 24.0 Å². The molecule has 0 bridgehead atoms. The van der Waals surface area contributed by atoms with Crippen LogP contribution in [0.2, 0.25) is 0 Å². The maximum Gasteiger partial charge on any atom is 0.287 e. The van der Waals surface area contributed by atoms with Crippen LogP contribution in [0, 0.1) is 0 Å². The summed E-state index contributed by atoms with van der Waals surface area (Å²) in [6.45, 7) is 7.06. The van der Waals surface area contributed by atoms with Crippen LogP contribution in [0.5, 0.6) is 11.5 Å². The van der Waals surface area contributed by atoms with Crippen molar-refractivity contribution in [2.75, 3.05) is 39.9 Å². The lowest BCUT2D eigenvalue weighted by molar-refractivity contribution is 0.0926. The summed E-state index contributed by atoms with van der Waals surface area (Å²) in [6, 6.07) is 9.33. The Balaban J connectivity index is 0.00000480. The van der Waals surface area contributed by atoms with E-state index in [0.717, 1.165) is 36.8 Å². The number of hydrogen-bond acceptors (Lipinski definition) is 5. The molecule has 1 aromatic heterocycles. The number of guanidine groups is 1. The maximum absolute atomic E-state index is 11.8. The maximum atomic E-state index is 11.8. The van der Waals surface area contributed by atoms with E-state index in [1.807, 2.05) is 26.0 Å². The van der Waals surface area contributed by atoms with E-state index in [9.17, 15) is 4.79 Å². The Kier molecular flexibility index (Phi) is 13.2. The first-order chi connectivity index (χ1) is 14.7. The monoisotopic (exact) mass is 544 g/mol. The van der Waals surface area contributed by atoms with Gasteiger partial charge in [0, 0.05) is 26.2 Å². The van der Waals surface area contributed by atoms with E-state index < -0.39 is 0 Å². The molecule has 0 aliphatic heterocycles. The number of hydrogen-bond donors (Lipinski definition) is 3. The molecule has 1 aromatic carbocycles. The first-order valence-electron chi connectivity index (χ1n) is 10.3. The molecule has 3 N–H and O–H groups in total. The van der Waals surface area contributed by atoms with E-state index in [-0.39, 0.29) is 29.9 Å². The fraction of sp³-hybridized carbons (Fsp3) is 0.455. The molecule has 0 aliphatic rings. The highest BCUT2D eigenvalue weighted by atomic mass is 127. The van der Waals surface area contributed by atoms with Crippen LogP contribution in [0.25, 0.3) is 0 Å². The van der Waals surface area contributed by atoms with E-state index in [0.29, 0.717) is 32.0 Å². The van der Waals surface area contributed by atoms with Gasteiger partial charge in [-0.05, 0) is 56.5 Å². The van der Waals surface area contributed by atoms with Crippen molar-refractivity contribution in [3.63, 3.8) is 0 Å². The van der Waals surface area contributed by atoms with Crippen molar-refractivity contribution >= 4 is 35.8 Å². The zero-order valence-corrected chi connectivity index (χ0v) is 20.7. The lowest BCUT2D eigenvalue weighted by Gasteiger charge is -2.12. The van der Waals surface area contributed by atoms with Gasteiger partial charge >= 0.3 is 0 Å². The Labute approximate surface area is 201 Å². The number of nitrogens with zero attached hydrogens (tertiary/aromatic N) is 1. The molecule has 1 heterocycles. The summed E-state index contributed by atoms with van der Waals surface area (Å²) in [5.41, 5.74) is 1.19. The Morgan fingerprint density at radius 1 is 1.10 bits per heavy atom. The number of carbonyl (C=O) groups is 1. The van der Waals surface area contributed by atoms with Crippen LogP contribution in [0.4, 0.5) is 0 Å². The first-order valence-corrected chi connectivity index (χ1v) is 10.3. The van der Waals surface area contributed by atoms with Crippen LogP contribution in [-0.2, 0) is 6.42 Å². The molecule has 0 unspecified atom stereocenters. The zero-order chi connectivity index (χ0) is 21.6. The number of aliphatic imine (C=N–C) groups is 1. The van der Waals surface area contributed by atoms with Gasteiger partial charge in [0.1, 0.15) is 0 Å². The van der Waals surface area contributed by atoms with Crippen molar-refractivity contribution in [1.29, 1.82) is 0 Å². The van der Waals surface area contributed by atoms with E-state index in [4.69, 9.17) is 13.9 Å². The van der Waals surface area contributed by atoms with Gasteiger partial charge in [-0.1, -0.05) is 6.07 Å². The van der Waals surface area contributed by atoms with Crippen molar-refractivity contribution in [2.24, 2.45) is 4.99 Å². The lowest BCUT2D eigenvalue weighted by Crippen LogP contribution is -2.41. The average Bonchev–Trinajstić information content (AvgIpc) is 3.29. The predicted octanol–water partition coefficient (Wildman–Crippen LogP) is 3.22. The summed E-state index contributed by atoms with van der Waals surface area (Å²) >= 11 is 0. The molecule has 1 amide bonds. The normalized spacial score (nSPS) is 10.7. The van der Waals surface area contributed by atoms with Crippen molar-refractivity contribution in [2.45, 2.75) is 26.7 Å². The molecular weight excluding hydrogens is 511 g/mol. The highest BCUT2D eigenvalue weighted by molar-refractivity contribution is 14.0. The molecule has 0 fully saturated rings. The molecule has 9 heteroatoms. The number of rotatable bonds is 12. The molecule has 172 valence electrons. The quantitative estimate of drug-likeness (QED) is 0.164. The predicted molar refractivity (Wildman–Crippen MR) is 133 cm³/mol. The topological polar surface area (TPSA) is 97.1 Å². The summed E-state index contributed by atoms with van der Waals surface area (Å²) in [7, 11) is 1.64. The second-order valence-electron chi connectivity index (χ2n) is 6.44. The smallest absolute Gasteiger partial charge is 0.287 e. The van der Waals surface area contributed by atoms with Gasteiger partial charge in [-0.25, -0.2) is 0 Å². The number of ether oxygens (including phenoxy) is 2. The van der Waals surface area contributed by atoms with Crippen molar-refractivity contribution < 1.29 is 18.7 Å². The number of aryl methyl sites for hydroxylation is 1. The number of halogens is 1. The van der Waals surface area contributed by atoms with E-state index >= 15 is 0 Å². The van der Waals surface area contributed by atoms with Crippen molar-refractivity contribution in [1.82, 2.24) is 16.0 Å². The van der Waals surface area contributed by atoms with Crippen LogP contribution in [0.3, 0.4) is 0 Å². The van der Waals surface area contributed by atoms with Gasteiger partial charge in [-0.15, -0.1) is 24.0 Å². The largest absolute Gasteiger partial charge is 0.493 e. The van der Waals surface area contributed by atoms with Crippen LogP contribution in [0.1, 0.15) is 36.4 Å². The van der Waals surface area contributed by atoms with Crippen LogP contribution in [-0.4, -0.2) is 51.8 Å². The molecule has 0 aliphatic carbocycles. The molecule has 0 radical (unpaired) electrons. The van der Waals surface area contributed by atoms with Crippen molar-refractivity contribution in [3.8, 4) is 11.5 Å². The zero-order valence-electron chi connectivity index (χ0n) is 18.4. The van der Waals surface area contributed by atoms with Gasteiger partial charge in [-0.2, -0.15) is 0 Å². The van der Waals surface area contributed by atoms with Crippen molar-refractivity contribution in [3.05, 3.63) is 47.9 Å². The molecule has 31 heavy (non-hydrogen) atoms. The Bertz CT molecular complexity index is 797. The van der Waals surface area contributed by atoms with Gasteiger partial charge < -0.3 is 29.8 Å². The number of benzene rings is 1. The third kappa shape index (κ3) is 9.50. The second kappa shape index (κ2) is 15.4. The minimum Gasteiger partial charge on any atom is -0.493 e. The molecule has 8 nitrogen and oxygen atoms in total. The van der Waals surface area contributed by atoms with Crippen LogP contribution < -0.4 is 25.4 Å². The van der Waals surface area contributed by atoms with E-state index in [1.165, 1.54) is 11.8 Å². The van der Waals surface area contributed by atoms with E-state index in [1.54, 1.807) is 19.2 Å². The molecule has 2 rings (SSSR count). The molecule has 2 aromatic rings. The number of carbonyl (C=O) groups excluding carboxylic acids is 1. The highest BCUT2D eigenvalue weighted by Crippen LogP contribution is 2.28. The fourth-order valence-corrected chi connectivity index (χ4v) is 2.81. The third-order valence-electron chi connectivity index (χ3n) is 4.21. The summed E-state index contributed by atoms with van der Waals surface area (Å²) < 4.78 is 16.0. The third-order valence-corrected chi connectivity index (χ3v) is 4.21. The first kappa shape index (κ1) is 26.6. The van der Waals surface area contributed by atoms with Gasteiger partial charge in [0.2, 0.25) is 0 Å². The van der Waals surface area contributed by atoms with Gasteiger partial charge in [0.05, 0.1) is 20.0 Å². The summed E-state index contributed by atoms with van der Waals surface area (Å²) in [5.74, 6) is 2.33. The number of nitrogens with one attached hydrogen (secondary N) is 3. The lowest BCUT2D eigenvalue weighted by atomic mass is 10.1. The molecule has 0 saturated carbocycles. The van der Waals surface area contributed by atoms with Gasteiger partial charge in [-0.3, -0.25) is 9.79 Å². The number of amides is 1. The van der Waals surface area contributed by atoms with Crippen LogP contribution in [0.15, 0.2) is 46.0 Å². The number of methoxy groups -OCH3 is 1. The summed E-state index contributed by atoms with van der Waals surface area (Å²) in [4.78, 5) is 16.4. The van der Waals surface area contributed by atoms with Gasteiger partial charge in [0.15, 0.2) is 23.2 Å². The summed E-state index contributed by atoms with van der Waals surface area (Å²) in [5, 5.41) is 9.22. The van der Waals surface area contributed by atoms with Gasteiger partial charge in [0.25, 0.3) is 5.91 Å². The Hall–Kier alpha value is -2.43. The minimum atomic E-state index is -0.227. The second-order valence-corrected chi connectivity index (χ2v) is 6.44. The highest BCUT2D eigenvalue weighted by Gasteiger charge is 2.07. The molecule has 0 saturated heterocycles. The molecular formula is C22H33IN4O4. The number of furan rings is 1. The Morgan fingerprint density at radius 2 is 1.90 bits per heavy atom. The average molecular weight is 544 g/mol.